The molecular weight excluding hydrogens is 354 g/mol. The molecule has 0 aliphatic carbocycles. The van der Waals surface area contributed by atoms with Crippen molar-refractivity contribution < 1.29 is 14.7 Å². The number of aryl methyl sites for hydroxylation is 1. The van der Waals surface area contributed by atoms with Crippen molar-refractivity contribution in [3.63, 3.8) is 0 Å². The van der Waals surface area contributed by atoms with Crippen molar-refractivity contribution in [2.75, 3.05) is 13.6 Å². The van der Waals surface area contributed by atoms with E-state index in [-0.39, 0.29) is 11.7 Å². The summed E-state index contributed by atoms with van der Waals surface area (Å²) in [6.45, 7) is 2.52. The number of likely N-dealkylation sites (N-methyl/N-ethyl adjacent to an activating group) is 1. The van der Waals surface area contributed by atoms with Gasteiger partial charge in [-0.2, -0.15) is 0 Å². The second-order valence-corrected chi connectivity index (χ2v) is 7.08. The van der Waals surface area contributed by atoms with Crippen molar-refractivity contribution in [3.05, 3.63) is 65.7 Å². The predicted octanol–water partition coefficient (Wildman–Crippen LogP) is 1.86. The highest BCUT2D eigenvalue weighted by Crippen LogP contribution is 2.11. The highest BCUT2D eigenvalue weighted by Gasteiger charge is 2.22. The second kappa shape index (κ2) is 10.6. The van der Waals surface area contributed by atoms with E-state index in [1.54, 1.807) is 19.1 Å². The SMILES string of the molecule is C[C@H](C(=O)NC(=O)[C@@H](N)Cc1ccc(O)cc1)N(C)CCCc1ccccc1. The number of hydrogen-bond donors (Lipinski definition) is 3. The average Bonchev–Trinajstić information content (AvgIpc) is 2.69. The van der Waals surface area contributed by atoms with Crippen LogP contribution in [0.1, 0.15) is 24.5 Å². The summed E-state index contributed by atoms with van der Waals surface area (Å²) in [4.78, 5) is 26.5. The molecule has 0 radical (unpaired) electrons. The Morgan fingerprint density at radius 2 is 1.68 bits per heavy atom. The molecule has 6 heteroatoms. The molecule has 28 heavy (non-hydrogen) atoms. The molecule has 2 aromatic rings. The topological polar surface area (TPSA) is 95.7 Å². The molecule has 0 spiro atoms. The summed E-state index contributed by atoms with van der Waals surface area (Å²) in [6, 6.07) is 15.4. The number of imide groups is 1. The van der Waals surface area contributed by atoms with Gasteiger partial charge in [0.2, 0.25) is 11.8 Å². The first-order valence-electron chi connectivity index (χ1n) is 9.49. The zero-order chi connectivity index (χ0) is 20.5. The Morgan fingerprint density at radius 3 is 2.32 bits per heavy atom. The van der Waals surface area contributed by atoms with Crippen LogP contribution in [0.2, 0.25) is 0 Å². The molecule has 4 N–H and O–H groups in total. The van der Waals surface area contributed by atoms with Crippen LogP contribution in [-0.2, 0) is 22.4 Å². The Bertz CT molecular complexity index is 762. The second-order valence-electron chi connectivity index (χ2n) is 7.08. The van der Waals surface area contributed by atoms with E-state index in [4.69, 9.17) is 5.73 Å². The molecule has 2 rings (SSSR count). The summed E-state index contributed by atoms with van der Waals surface area (Å²) in [5.74, 6) is -0.697. The first-order chi connectivity index (χ1) is 13.4. The summed E-state index contributed by atoms with van der Waals surface area (Å²) in [5, 5.41) is 11.7. The van der Waals surface area contributed by atoms with Crippen LogP contribution in [0.5, 0.6) is 5.75 Å². The van der Waals surface area contributed by atoms with Gasteiger partial charge >= 0.3 is 0 Å². The van der Waals surface area contributed by atoms with Crippen LogP contribution in [0.3, 0.4) is 0 Å². The number of nitrogens with zero attached hydrogens (tertiary/aromatic N) is 1. The zero-order valence-corrected chi connectivity index (χ0v) is 16.5. The quantitative estimate of drug-likeness (QED) is 0.614. The average molecular weight is 383 g/mol. The molecule has 2 atom stereocenters. The number of aromatic hydroxyl groups is 1. The Hall–Kier alpha value is -2.70. The molecule has 2 aromatic carbocycles. The van der Waals surface area contributed by atoms with Crippen LogP contribution in [-0.4, -0.2) is 47.5 Å². The van der Waals surface area contributed by atoms with Gasteiger partial charge in [0.1, 0.15) is 5.75 Å². The number of phenols is 1. The van der Waals surface area contributed by atoms with Crippen LogP contribution in [0.25, 0.3) is 0 Å². The maximum absolute atomic E-state index is 12.4. The third-order valence-corrected chi connectivity index (χ3v) is 4.83. The fourth-order valence-electron chi connectivity index (χ4n) is 2.87. The number of phenolic OH excluding ortho intramolecular Hbond substituents is 1. The van der Waals surface area contributed by atoms with E-state index in [1.807, 2.05) is 30.1 Å². The van der Waals surface area contributed by atoms with Crippen LogP contribution in [0.15, 0.2) is 54.6 Å². The van der Waals surface area contributed by atoms with Gasteiger partial charge in [0, 0.05) is 0 Å². The smallest absolute Gasteiger partial charge is 0.243 e. The van der Waals surface area contributed by atoms with Gasteiger partial charge in [-0.05, 0) is 63.0 Å². The summed E-state index contributed by atoms with van der Waals surface area (Å²) in [5.41, 5.74) is 8.00. The molecule has 0 saturated heterocycles. The van der Waals surface area contributed by atoms with E-state index in [0.29, 0.717) is 6.42 Å². The van der Waals surface area contributed by atoms with Crippen LogP contribution in [0.4, 0.5) is 0 Å². The molecule has 0 aliphatic rings. The molecule has 2 amide bonds. The number of hydrogen-bond acceptors (Lipinski definition) is 5. The first-order valence-corrected chi connectivity index (χ1v) is 9.49. The van der Waals surface area contributed by atoms with Gasteiger partial charge in [0.25, 0.3) is 0 Å². The molecule has 0 unspecified atom stereocenters. The van der Waals surface area contributed by atoms with Crippen molar-refractivity contribution >= 4 is 11.8 Å². The largest absolute Gasteiger partial charge is 0.508 e. The minimum absolute atomic E-state index is 0.154. The van der Waals surface area contributed by atoms with Gasteiger partial charge in [-0.15, -0.1) is 0 Å². The summed E-state index contributed by atoms with van der Waals surface area (Å²) >= 11 is 0. The summed E-state index contributed by atoms with van der Waals surface area (Å²) in [7, 11) is 1.87. The van der Waals surface area contributed by atoms with Gasteiger partial charge < -0.3 is 10.8 Å². The van der Waals surface area contributed by atoms with Crippen LogP contribution in [0, 0.1) is 0 Å². The van der Waals surface area contributed by atoms with Crippen LogP contribution >= 0.6 is 0 Å². The fourth-order valence-corrected chi connectivity index (χ4v) is 2.87. The summed E-state index contributed by atoms with van der Waals surface area (Å²) in [6.07, 6.45) is 2.16. The Kier molecular flexibility index (Phi) is 8.17. The number of benzene rings is 2. The van der Waals surface area contributed by atoms with Crippen molar-refractivity contribution in [2.45, 2.75) is 38.3 Å². The highest BCUT2D eigenvalue weighted by atomic mass is 16.3. The molecule has 0 bridgehead atoms. The van der Waals surface area contributed by atoms with Gasteiger partial charge in [-0.1, -0.05) is 42.5 Å². The molecule has 0 fully saturated rings. The van der Waals surface area contributed by atoms with Crippen molar-refractivity contribution in [2.24, 2.45) is 5.73 Å². The summed E-state index contributed by atoms with van der Waals surface area (Å²) < 4.78 is 0. The number of carbonyl (C=O) groups is 2. The molecule has 0 aliphatic heterocycles. The standard InChI is InChI=1S/C22H29N3O3/c1-16(25(2)14-6-9-17-7-4-3-5-8-17)21(27)24-22(28)20(23)15-18-10-12-19(26)13-11-18/h3-5,7-8,10-13,16,20,26H,6,9,14-15,23H2,1-2H3,(H,24,27,28)/t16-,20+/m1/s1. The van der Waals surface area contributed by atoms with E-state index in [1.165, 1.54) is 17.7 Å². The number of nitrogens with two attached hydrogens (primary N) is 1. The lowest BCUT2D eigenvalue weighted by molar-refractivity contribution is -0.133. The number of carbonyl (C=O) groups excluding carboxylic acids is 2. The van der Waals surface area contributed by atoms with Crippen molar-refractivity contribution in [1.82, 2.24) is 10.2 Å². The zero-order valence-electron chi connectivity index (χ0n) is 16.5. The Balaban J connectivity index is 1.76. The number of nitrogens with one attached hydrogen (secondary N) is 1. The minimum atomic E-state index is -0.830. The number of amides is 2. The maximum atomic E-state index is 12.4. The predicted molar refractivity (Wildman–Crippen MR) is 110 cm³/mol. The van der Waals surface area contributed by atoms with E-state index in [0.717, 1.165) is 24.9 Å². The molecule has 0 saturated carbocycles. The molecule has 0 heterocycles. The van der Waals surface area contributed by atoms with Crippen molar-refractivity contribution in [3.8, 4) is 5.75 Å². The third-order valence-electron chi connectivity index (χ3n) is 4.83. The van der Waals surface area contributed by atoms with E-state index in [2.05, 4.69) is 17.4 Å². The van der Waals surface area contributed by atoms with Gasteiger partial charge in [-0.25, -0.2) is 0 Å². The molecule has 0 aromatic heterocycles. The van der Waals surface area contributed by atoms with E-state index in [9.17, 15) is 14.7 Å². The fraction of sp³-hybridized carbons (Fsp3) is 0.364. The van der Waals surface area contributed by atoms with Gasteiger partial charge in [0.05, 0.1) is 12.1 Å². The van der Waals surface area contributed by atoms with Gasteiger partial charge in [-0.3, -0.25) is 19.8 Å². The van der Waals surface area contributed by atoms with E-state index >= 15 is 0 Å². The van der Waals surface area contributed by atoms with Gasteiger partial charge in [0.15, 0.2) is 0 Å². The molecule has 150 valence electrons. The lowest BCUT2D eigenvalue weighted by Gasteiger charge is -2.24. The molecule has 6 nitrogen and oxygen atoms in total. The minimum Gasteiger partial charge on any atom is -0.508 e. The Labute approximate surface area is 166 Å². The lowest BCUT2D eigenvalue weighted by Crippen LogP contribution is -2.50. The van der Waals surface area contributed by atoms with E-state index < -0.39 is 18.0 Å². The number of rotatable bonds is 9. The monoisotopic (exact) mass is 383 g/mol. The first kappa shape index (κ1) is 21.6. The normalized spacial score (nSPS) is 13.1. The Morgan fingerprint density at radius 1 is 1.04 bits per heavy atom. The highest BCUT2D eigenvalue weighted by molar-refractivity contribution is 5.99. The molecular formula is C22H29N3O3. The van der Waals surface area contributed by atoms with Crippen LogP contribution < -0.4 is 11.1 Å². The lowest BCUT2D eigenvalue weighted by atomic mass is 10.1. The van der Waals surface area contributed by atoms with Crippen molar-refractivity contribution in [1.29, 1.82) is 0 Å². The third kappa shape index (κ3) is 6.79. The maximum Gasteiger partial charge on any atom is 0.243 e.